The van der Waals surface area contributed by atoms with Crippen LogP contribution < -0.4 is 0 Å². The number of nitrogens with zero attached hydrogens (tertiary/aromatic N) is 4. The van der Waals surface area contributed by atoms with E-state index in [1.807, 2.05) is 84.9 Å². The Labute approximate surface area is 353 Å². The summed E-state index contributed by atoms with van der Waals surface area (Å²) in [5.74, 6) is 2.71. The van der Waals surface area contributed by atoms with Crippen LogP contribution in [0.25, 0.3) is 112 Å². The fourth-order valence-electron chi connectivity index (χ4n) is 8.13. The summed E-state index contributed by atoms with van der Waals surface area (Å²) in [7, 11) is 0. The lowest BCUT2D eigenvalue weighted by atomic mass is 9.93. The van der Waals surface area contributed by atoms with Gasteiger partial charge in [0, 0.05) is 44.2 Å². The molecule has 5 heteroatoms. The van der Waals surface area contributed by atoms with Gasteiger partial charge >= 0.3 is 0 Å². The van der Waals surface area contributed by atoms with E-state index in [1.54, 1.807) is 0 Å². The molecule has 3 aromatic heterocycles. The Morgan fingerprint density at radius 2 is 0.705 bits per heavy atom. The van der Waals surface area contributed by atoms with E-state index >= 15 is 0 Å². The van der Waals surface area contributed by atoms with E-state index in [9.17, 15) is 0 Å². The van der Waals surface area contributed by atoms with Gasteiger partial charge in [-0.25, -0.2) is 19.9 Å². The van der Waals surface area contributed by atoms with Gasteiger partial charge < -0.3 is 4.42 Å². The van der Waals surface area contributed by atoms with Crippen LogP contribution in [0.1, 0.15) is 0 Å². The molecule has 0 radical (unpaired) electrons. The van der Waals surface area contributed by atoms with Gasteiger partial charge in [0.2, 0.25) is 0 Å². The maximum atomic E-state index is 7.09. The van der Waals surface area contributed by atoms with Crippen LogP contribution in [0.15, 0.2) is 223 Å². The van der Waals surface area contributed by atoms with Gasteiger partial charge in [-0.15, -0.1) is 0 Å². The van der Waals surface area contributed by atoms with Crippen molar-refractivity contribution in [1.29, 1.82) is 0 Å². The second kappa shape index (κ2) is 15.5. The second-order valence-electron chi connectivity index (χ2n) is 15.0. The monoisotopic (exact) mass is 780 g/mol. The van der Waals surface area contributed by atoms with Crippen molar-refractivity contribution in [2.24, 2.45) is 0 Å². The highest BCUT2D eigenvalue weighted by molar-refractivity contribution is 6.18. The molecule has 11 rings (SSSR count). The predicted molar refractivity (Wildman–Crippen MR) is 248 cm³/mol. The maximum absolute atomic E-state index is 7.09. The number of para-hydroxylation sites is 1. The van der Waals surface area contributed by atoms with Crippen LogP contribution in [-0.4, -0.2) is 19.9 Å². The lowest BCUT2D eigenvalue weighted by Gasteiger charge is -2.10. The topological polar surface area (TPSA) is 64.7 Å². The first kappa shape index (κ1) is 35.8. The van der Waals surface area contributed by atoms with E-state index in [4.69, 9.17) is 24.4 Å². The summed E-state index contributed by atoms with van der Waals surface area (Å²) in [6, 6.07) is 75.1. The molecule has 0 saturated heterocycles. The molecule has 0 bridgehead atoms. The number of benzene rings is 8. The normalized spacial score (nSPS) is 11.3. The van der Waals surface area contributed by atoms with Crippen molar-refractivity contribution < 1.29 is 4.42 Å². The highest BCUT2D eigenvalue weighted by atomic mass is 16.3. The predicted octanol–water partition coefficient (Wildman–Crippen LogP) is 14.5. The molecule has 0 unspecified atom stereocenters. The molecule has 5 nitrogen and oxygen atoms in total. The van der Waals surface area contributed by atoms with Crippen molar-refractivity contribution in [2.45, 2.75) is 0 Å². The third kappa shape index (κ3) is 6.84. The van der Waals surface area contributed by atoms with Crippen molar-refractivity contribution in [3.63, 3.8) is 0 Å². The van der Waals surface area contributed by atoms with Crippen molar-refractivity contribution in [1.82, 2.24) is 19.9 Å². The van der Waals surface area contributed by atoms with Crippen LogP contribution in [-0.2, 0) is 0 Å². The summed E-state index contributed by atoms with van der Waals surface area (Å²) >= 11 is 0. The number of rotatable bonds is 8. The summed E-state index contributed by atoms with van der Waals surface area (Å²) in [6.45, 7) is 0. The van der Waals surface area contributed by atoms with E-state index in [2.05, 4.69) is 133 Å². The Balaban J connectivity index is 1.01. The molecule has 0 N–H and O–H groups in total. The minimum absolute atomic E-state index is 0.625. The molecule has 0 aliphatic rings. The molecular formula is C56H36N4O. The smallest absolute Gasteiger partial charge is 0.164 e. The molecule has 0 amide bonds. The van der Waals surface area contributed by atoms with Crippen molar-refractivity contribution >= 4 is 21.9 Å². The van der Waals surface area contributed by atoms with Crippen molar-refractivity contribution in [2.75, 3.05) is 0 Å². The summed E-state index contributed by atoms with van der Waals surface area (Å²) in [5, 5.41) is 2.10. The second-order valence-corrected chi connectivity index (χ2v) is 15.0. The number of hydrogen-bond donors (Lipinski definition) is 0. The van der Waals surface area contributed by atoms with Gasteiger partial charge in [-0.05, 0) is 39.9 Å². The zero-order chi connectivity index (χ0) is 40.5. The molecule has 0 fully saturated rings. The Morgan fingerprint density at radius 1 is 0.295 bits per heavy atom. The van der Waals surface area contributed by atoms with Gasteiger partial charge in [0.1, 0.15) is 11.5 Å². The average molecular weight is 781 g/mol. The van der Waals surface area contributed by atoms with Gasteiger partial charge in [0.25, 0.3) is 0 Å². The molecule has 61 heavy (non-hydrogen) atoms. The quantitative estimate of drug-likeness (QED) is 0.154. The summed E-state index contributed by atoms with van der Waals surface area (Å²) in [6.07, 6.45) is 0. The summed E-state index contributed by atoms with van der Waals surface area (Å²) < 4.78 is 7.09. The molecule has 8 aromatic carbocycles. The number of aromatic nitrogens is 4. The molecule has 0 spiro atoms. The van der Waals surface area contributed by atoms with Gasteiger partial charge in [0.05, 0.1) is 5.52 Å². The van der Waals surface area contributed by atoms with E-state index in [0.29, 0.717) is 17.5 Å². The number of hydrogen-bond acceptors (Lipinski definition) is 5. The van der Waals surface area contributed by atoms with Crippen LogP contribution >= 0.6 is 0 Å². The maximum Gasteiger partial charge on any atom is 0.164 e. The zero-order valence-corrected chi connectivity index (χ0v) is 33.0. The molecule has 0 aliphatic carbocycles. The highest BCUT2D eigenvalue weighted by Gasteiger charge is 2.24. The number of furan rings is 1. The SMILES string of the molecule is c1ccc(-c2cccc(-c3c(-c4ccc(-c5ccc(-c6nc(-c7ccccc7)nc(-c7ccccc7)n6)cc5)cc4)oc4c(-c5ccccc5)nc5ccccc5c34)c2)cc1. The Hall–Kier alpha value is -8.28. The molecule has 286 valence electrons. The van der Waals surface area contributed by atoms with E-state index in [1.165, 1.54) is 0 Å². The first-order valence-corrected chi connectivity index (χ1v) is 20.4. The Morgan fingerprint density at radius 3 is 1.28 bits per heavy atom. The van der Waals surface area contributed by atoms with Gasteiger partial charge in [0.15, 0.2) is 23.1 Å². The van der Waals surface area contributed by atoms with Gasteiger partial charge in [-0.2, -0.15) is 0 Å². The largest absolute Gasteiger partial charge is 0.453 e. The van der Waals surface area contributed by atoms with E-state index in [0.717, 1.165) is 94.5 Å². The van der Waals surface area contributed by atoms with Gasteiger partial charge in [-0.1, -0.05) is 206 Å². The lowest BCUT2D eigenvalue weighted by molar-refractivity contribution is 0.632. The highest BCUT2D eigenvalue weighted by Crippen LogP contribution is 2.47. The lowest BCUT2D eigenvalue weighted by Crippen LogP contribution is -2.00. The first-order chi connectivity index (χ1) is 30.2. The minimum atomic E-state index is 0.625. The summed E-state index contributed by atoms with van der Waals surface area (Å²) in [5.41, 5.74) is 13.9. The Bertz CT molecular complexity index is 3250. The Kier molecular flexibility index (Phi) is 9.10. The van der Waals surface area contributed by atoms with E-state index < -0.39 is 0 Å². The molecular weight excluding hydrogens is 745 g/mol. The first-order valence-electron chi connectivity index (χ1n) is 20.4. The molecule has 11 aromatic rings. The molecule has 0 aliphatic heterocycles. The average Bonchev–Trinajstić information content (AvgIpc) is 3.76. The molecule has 0 atom stereocenters. The minimum Gasteiger partial charge on any atom is -0.453 e. The molecule has 3 heterocycles. The third-order valence-corrected chi connectivity index (χ3v) is 11.2. The summed E-state index contributed by atoms with van der Waals surface area (Å²) in [4.78, 5) is 19.9. The number of pyridine rings is 1. The van der Waals surface area contributed by atoms with Crippen LogP contribution in [0.4, 0.5) is 0 Å². The van der Waals surface area contributed by atoms with Crippen molar-refractivity contribution in [3.05, 3.63) is 218 Å². The standard InChI is InChI=1S/C56H36N4O/c1-5-16-37(17-6-1)45-24-15-25-46(36-45)49-50-47-26-13-14-27-48(47)57-51(40-18-7-2-8-19-40)53(50)61-52(49)41-32-28-38(29-33-41)39-30-34-44(35-31-39)56-59-54(42-20-9-3-10-21-42)58-55(60-56)43-22-11-4-12-23-43/h1-36H. The van der Waals surface area contributed by atoms with Crippen LogP contribution in [0.5, 0.6) is 0 Å². The van der Waals surface area contributed by atoms with Crippen LogP contribution in [0, 0.1) is 0 Å². The van der Waals surface area contributed by atoms with Crippen molar-refractivity contribution in [3.8, 4) is 90.1 Å². The fourth-order valence-corrected chi connectivity index (χ4v) is 8.13. The van der Waals surface area contributed by atoms with Gasteiger partial charge in [-0.3, -0.25) is 0 Å². The van der Waals surface area contributed by atoms with Crippen LogP contribution in [0.2, 0.25) is 0 Å². The zero-order valence-electron chi connectivity index (χ0n) is 33.0. The number of fused-ring (bicyclic) bond motifs is 3. The third-order valence-electron chi connectivity index (χ3n) is 11.2. The van der Waals surface area contributed by atoms with E-state index in [-0.39, 0.29) is 0 Å². The fraction of sp³-hybridized carbons (Fsp3) is 0. The van der Waals surface area contributed by atoms with Crippen LogP contribution in [0.3, 0.4) is 0 Å². The molecule has 0 saturated carbocycles.